The third kappa shape index (κ3) is 3.15. The average molecular weight is 267 g/mol. The van der Waals surface area contributed by atoms with Gasteiger partial charge in [0.25, 0.3) is 0 Å². The second kappa shape index (κ2) is 5.00. The Labute approximate surface area is 105 Å². The van der Waals surface area contributed by atoms with E-state index in [9.17, 15) is 8.42 Å². The predicted octanol–water partition coefficient (Wildman–Crippen LogP) is 2.32. The summed E-state index contributed by atoms with van der Waals surface area (Å²) in [4.78, 5) is 0. The molecule has 2 rings (SSSR count). The summed E-state index contributed by atoms with van der Waals surface area (Å²) in [5.41, 5.74) is 1.74. The zero-order valence-electron chi connectivity index (χ0n) is 9.11. The molecule has 1 heterocycles. The van der Waals surface area contributed by atoms with Crippen LogP contribution in [0.3, 0.4) is 0 Å². The van der Waals surface area contributed by atoms with E-state index in [0.717, 1.165) is 11.1 Å². The predicted molar refractivity (Wildman–Crippen MR) is 70.3 cm³/mol. The Morgan fingerprint density at radius 1 is 1.18 bits per heavy atom. The molecule has 17 heavy (non-hydrogen) atoms. The van der Waals surface area contributed by atoms with Crippen molar-refractivity contribution in [3.63, 3.8) is 0 Å². The van der Waals surface area contributed by atoms with E-state index >= 15 is 0 Å². The van der Waals surface area contributed by atoms with Crippen LogP contribution in [0, 0.1) is 0 Å². The lowest BCUT2D eigenvalue weighted by molar-refractivity contribution is 0.583. The Morgan fingerprint density at radius 2 is 1.88 bits per heavy atom. The lowest BCUT2D eigenvalue weighted by Crippen LogP contribution is -2.23. The Morgan fingerprint density at radius 3 is 2.41 bits per heavy atom. The number of hydrogen-bond acceptors (Lipinski definition) is 3. The number of primary sulfonamides is 1. The maximum absolute atomic E-state index is 11.6. The summed E-state index contributed by atoms with van der Waals surface area (Å²) in [5.74, 6) is 0. The molecule has 0 fully saturated rings. The van der Waals surface area contributed by atoms with Gasteiger partial charge in [-0.05, 0) is 34.4 Å². The van der Waals surface area contributed by atoms with Crippen LogP contribution in [-0.4, -0.2) is 8.42 Å². The minimum atomic E-state index is -3.58. The van der Waals surface area contributed by atoms with Gasteiger partial charge in [-0.2, -0.15) is 11.3 Å². The van der Waals surface area contributed by atoms with Crippen molar-refractivity contribution in [2.75, 3.05) is 0 Å². The van der Waals surface area contributed by atoms with Gasteiger partial charge in [-0.15, -0.1) is 0 Å². The van der Waals surface area contributed by atoms with Crippen LogP contribution < -0.4 is 5.14 Å². The highest BCUT2D eigenvalue weighted by molar-refractivity contribution is 7.89. The van der Waals surface area contributed by atoms with Crippen LogP contribution in [0.15, 0.2) is 47.2 Å². The zero-order chi connectivity index (χ0) is 12.3. The summed E-state index contributed by atoms with van der Waals surface area (Å²) in [5, 5.41) is 8.33. The van der Waals surface area contributed by atoms with Gasteiger partial charge in [0, 0.05) is 0 Å². The monoisotopic (exact) mass is 267 g/mol. The standard InChI is InChI=1S/C12H13NO2S2/c13-17(14,15)12(11-6-7-16-9-11)8-10-4-2-1-3-5-10/h1-7,9,12H,8H2,(H2,13,14,15). The lowest BCUT2D eigenvalue weighted by Gasteiger charge is -2.13. The zero-order valence-corrected chi connectivity index (χ0v) is 10.7. The van der Waals surface area contributed by atoms with Gasteiger partial charge in [0.2, 0.25) is 10.0 Å². The SMILES string of the molecule is NS(=O)(=O)C(Cc1ccccc1)c1ccsc1. The van der Waals surface area contributed by atoms with Gasteiger partial charge in [0.05, 0.1) is 0 Å². The van der Waals surface area contributed by atoms with E-state index in [1.165, 1.54) is 11.3 Å². The molecule has 1 atom stereocenters. The molecular weight excluding hydrogens is 254 g/mol. The molecule has 0 radical (unpaired) electrons. The van der Waals surface area contributed by atoms with E-state index in [4.69, 9.17) is 5.14 Å². The second-order valence-corrected chi connectivity index (χ2v) is 6.35. The number of sulfonamides is 1. The van der Waals surface area contributed by atoms with Gasteiger partial charge in [0.1, 0.15) is 5.25 Å². The van der Waals surface area contributed by atoms with Crippen LogP contribution in [0.4, 0.5) is 0 Å². The van der Waals surface area contributed by atoms with Gasteiger partial charge < -0.3 is 0 Å². The van der Waals surface area contributed by atoms with Crippen LogP contribution in [0.1, 0.15) is 16.4 Å². The molecule has 1 aromatic carbocycles. The molecule has 0 amide bonds. The lowest BCUT2D eigenvalue weighted by atomic mass is 10.1. The van der Waals surface area contributed by atoms with Crippen molar-refractivity contribution >= 4 is 21.4 Å². The van der Waals surface area contributed by atoms with E-state index in [1.54, 1.807) is 0 Å². The largest absolute Gasteiger partial charge is 0.228 e. The molecule has 0 saturated carbocycles. The summed E-state index contributed by atoms with van der Waals surface area (Å²) < 4.78 is 23.2. The van der Waals surface area contributed by atoms with E-state index < -0.39 is 15.3 Å². The first-order chi connectivity index (χ1) is 8.07. The second-order valence-electron chi connectivity index (χ2n) is 3.82. The molecular formula is C12H13NO2S2. The number of hydrogen-bond donors (Lipinski definition) is 1. The molecule has 0 bridgehead atoms. The molecule has 0 saturated heterocycles. The number of nitrogens with two attached hydrogens (primary N) is 1. The summed E-state index contributed by atoms with van der Waals surface area (Å²) in [6.45, 7) is 0. The number of thiophene rings is 1. The normalized spacial score (nSPS) is 13.5. The first kappa shape index (κ1) is 12.3. The minimum Gasteiger partial charge on any atom is -0.228 e. The van der Waals surface area contributed by atoms with Crippen LogP contribution in [0.5, 0.6) is 0 Å². The highest BCUT2D eigenvalue weighted by atomic mass is 32.2. The van der Waals surface area contributed by atoms with Crippen LogP contribution in [0.25, 0.3) is 0 Å². The van der Waals surface area contributed by atoms with Crippen molar-refractivity contribution in [2.45, 2.75) is 11.7 Å². The van der Waals surface area contributed by atoms with Crippen LogP contribution >= 0.6 is 11.3 Å². The first-order valence-corrected chi connectivity index (χ1v) is 7.70. The third-order valence-electron chi connectivity index (χ3n) is 2.58. The molecule has 0 aliphatic carbocycles. The van der Waals surface area contributed by atoms with Crippen molar-refractivity contribution in [2.24, 2.45) is 5.14 Å². The average Bonchev–Trinajstić information content (AvgIpc) is 2.79. The molecule has 3 nitrogen and oxygen atoms in total. The molecule has 0 aliphatic rings. The van der Waals surface area contributed by atoms with Gasteiger partial charge in [-0.3, -0.25) is 0 Å². The number of benzene rings is 1. The summed E-state index contributed by atoms with van der Waals surface area (Å²) in [6.07, 6.45) is 0.413. The summed E-state index contributed by atoms with van der Waals surface area (Å²) in [6, 6.07) is 11.3. The van der Waals surface area contributed by atoms with Crippen molar-refractivity contribution in [3.05, 3.63) is 58.3 Å². The fourth-order valence-corrected chi connectivity index (χ4v) is 3.46. The molecule has 0 aliphatic heterocycles. The molecule has 1 unspecified atom stereocenters. The number of rotatable bonds is 4. The molecule has 5 heteroatoms. The minimum absolute atomic E-state index is 0.413. The quantitative estimate of drug-likeness (QED) is 0.924. The van der Waals surface area contributed by atoms with E-state index in [2.05, 4.69) is 0 Å². The summed E-state index contributed by atoms with van der Waals surface area (Å²) >= 11 is 1.47. The fraction of sp³-hybridized carbons (Fsp3) is 0.167. The van der Waals surface area contributed by atoms with Crippen molar-refractivity contribution in [3.8, 4) is 0 Å². The summed E-state index contributed by atoms with van der Waals surface area (Å²) in [7, 11) is -3.58. The maximum atomic E-state index is 11.6. The molecule has 0 spiro atoms. The van der Waals surface area contributed by atoms with Gasteiger partial charge in [-0.1, -0.05) is 30.3 Å². The first-order valence-electron chi connectivity index (χ1n) is 5.15. The van der Waals surface area contributed by atoms with Gasteiger partial charge >= 0.3 is 0 Å². The molecule has 90 valence electrons. The van der Waals surface area contributed by atoms with E-state index in [1.807, 2.05) is 47.2 Å². The highest BCUT2D eigenvalue weighted by Crippen LogP contribution is 2.26. The maximum Gasteiger partial charge on any atom is 0.216 e. The topological polar surface area (TPSA) is 60.2 Å². The van der Waals surface area contributed by atoms with E-state index in [-0.39, 0.29) is 0 Å². The highest BCUT2D eigenvalue weighted by Gasteiger charge is 2.24. The molecule has 2 N–H and O–H groups in total. The van der Waals surface area contributed by atoms with Gasteiger partial charge in [-0.25, -0.2) is 13.6 Å². The Bertz CT molecular complexity index is 562. The fourth-order valence-electron chi connectivity index (χ4n) is 1.71. The smallest absolute Gasteiger partial charge is 0.216 e. The Hall–Kier alpha value is -1.17. The molecule has 2 aromatic rings. The van der Waals surface area contributed by atoms with Crippen molar-refractivity contribution in [1.82, 2.24) is 0 Å². The Balaban J connectivity index is 2.31. The Kier molecular flexibility index (Phi) is 3.61. The van der Waals surface area contributed by atoms with Crippen molar-refractivity contribution < 1.29 is 8.42 Å². The molecule has 1 aromatic heterocycles. The van der Waals surface area contributed by atoms with E-state index in [0.29, 0.717) is 6.42 Å². The van der Waals surface area contributed by atoms with Gasteiger partial charge in [0.15, 0.2) is 0 Å². The third-order valence-corrected chi connectivity index (χ3v) is 4.51. The van der Waals surface area contributed by atoms with Crippen molar-refractivity contribution in [1.29, 1.82) is 0 Å². The van der Waals surface area contributed by atoms with Crippen LogP contribution in [0.2, 0.25) is 0 Å². The van der Waals surface area contributed by atoms with Crippen LogP contribution in [-0.2, 0) is 16.4 Å².